The topological polar surface area (TPSA) is 34.1 Å². The molecule has 0 saturated carbocycles. The maximum Gasteiger partial charge on any atom is 0.213 e. The monoisotopic (exact) mass is 296 g/mol. The number of hydrogen-bond acceptors (Lipinski definition) is 3. The molecule has 0 spiro atoms. The fraction of sp³-hybridized carbons (Fsp3) is 0.615. The maximum absolute atomic E-state index is 5.97. The Morgan fingerprint density at radius 3 is 2.65 bits per heavy atom. The molecule has 0 amide bonds. The maximum atomic E-state index is 5.97. The van der Waals surface area contributed by atoms with Crippen molar-refractivity contribution in [2.24, 2.45) is 0 Å². The Kier molecular flexibility index (Phi) is 3.34. The molecule has 3 heterocycles. The van der Waals surface area contributed by atoms with Crippen LogP contribution in [0, 0.1) is 0 Å². The van der Waals surface area contributed by atoms with Crippen LogP contribution in [0.2, 0.25) is 0 Å². The summed E-state index contributed by atoms with van der Waals surface area (Å²) >= 11 is 3.38. The van der Waals surface area contributed by atoms with E-state index in [-0.39, 0.29) is 0 Å². The number of fused-ring (bicyclic) bond motifs is 2. The number of nitrogens with zero attached hydrogens (tertiary/aromatic N) is 1. The van der Waals surface area contributed by atoms with Crippen LogP contribution in [0.3, 0.4) is 0 Å². The Hall–Kier alpha value is -0.610. The molecular formula is C13H17BrN2O. The molecule has 2 bridgehead atoms. The lowest BCUT2D eigenvalue weighted by Gasteiger charge is -2.39. The van der Waals surface area contributed by atoms with E-state index in [1.165, 1.54) is 19.3 Å². The van der Waals surface area contributed by atoms with Crippen LogP contribution in [0.4, 0.5) is 0 Å². The number of rotatable bonds is 2. The lowest BCUT2D eigenvalue weighted by Crippen LogP contribution is -2.51. The van der Waals surface area contributed by atoms with Gasteiger partial charge >= 0.3 is 0 Å². The molecule has 1 N–H and O–H groups in total. The van der Waals surface area contributed by atoms with E-state index >= 15 is 0 Å². The van der Waals surface area contributed by atoms with Gasteiger partial charge in [-0.3, -0.25) is 0 Å². The molecule has 1 aromatic rings. The van der Waals surface area contributed by atoms with Crippen LogP contribution in [-0.4, -0.2) is 23.2 Å². The van der Waals surface area contributed by atoms with Gasteiger partial charge in [0, 0.05) is 28.8 Å². The minimum atomic E-state index is 0.334. The van der Waals surface area contributed by atoms with Gasteiger partial charge in [-0.25, -0.2) is 4.98 Å². The van der Waals surface area contributed by atoms with Crippen molar-refractivity contribution in [2.45, 2.75) is 50.3 Å². The molecule has 3 nitrogen and oxygen atoms in total. The predicted molar refractivity (Wildman–Crippen MR) is 70.1 cm³/mol. The van der Waals surface area contributed by atoms with E-state index in [9.17, 15) is 0 Å². The van der Waals surface area contributed by atoms with Crippen molar-refractivity contribution in [3.63, 3.8) is 0 Å². The zero-order valence-electron chi connectivity index (χ0n) is 9.73. The van der Waals surface area contributed by atoms with Gasteiger partial charge in [-0.1, -0.05) is 6.42 Å². The number of hydrogen-bond donors (Lipinski definition) is 1. The van der Waals surface area contributed by atoms with E-state index in [2.05, 4.69) is 26.2 Å². The van der Waals surface area contributed by atoms with E-state index in [0.717, 1.165) is 23.2 Å². The normalized spacial score (nSPS) is 32.2. The van der Waals surface area contributed by atoms with Crippen LogP contribution in [0.25, 0.3) is 0 Å². The van der Waals surface area contributed by atoms with Crippen LogP contribution in [0.5, 0.6) is 5.88 Å². The summed E-state index contributed by atoms with van der Waals surface area (Å²) in [5.41, 5.74) is 0. The number of piperidine rings is 2. The molecule has 0 aromatic carbocycles. The minimum Gasteiger partial charge on any atom is -0.474 e. The van der Waals surface area contributed by atoms with Crippen LogP contribution in [-0.2, 0) is 0 Å². The van der Waals surface area contributed by atoms with Crippen molar-refractivity contribution in [1.82, 2.24) is 10.3 Å². The Morgan fingerprint density at radius 2 is 2.00 bits per heavy atom. The average Bonchev–Trinajstić information content (AvgIpc) is 2.32. The Labute approximate surface area is 110 Å². The van der Waals surface area contributed by atoms with E-state index in [1.54, 1.807) is 6.20 Å². The van der Waals surface area contributed by atoms with Crippen LogP contribution < -0.4 is 10.1 Å². The second-order valence-electron chi connectivity index (χ2n) is 5.02. The molecule has 17 heavy (non-hydrogen) atoms. The molecular weight excluding hydrogens is 280 g/mol. The van der Waals surface area contributed by atoms with Crippen molar-refractivity contribution < 1.29 is 4.74 Å². The van der Waals surface area contributed by atoms with Gasteiger partial charge < -0.3 is 10.1 Å². The van der Waals surface area contributed by atoms with Gasteiger partial charge in [0.25, 0.3) is 0 Å². The number of nitrogens with one attached hydrogen (secondary N) is 1. The second kappa shape index (κ2) is 4.94. The van der Waals surface area contributed by atoms with Crippen LogP contribution in [0.15, 0.2) is 22.8 Å². The smallest absolute Gasteiger partial charge is 0.213 e. The molecule has 2 saturated heterocycles. The fourth-order valence-corrected chi connectivity index (χ4v) is 3.15. The first kappa shape index (κ1) is 11.5. The van der Waals surface area contributed by atoms with Gasteiger partial charge in [0.05, 0.1) is 0 Å². The third kappa shape index (κ3) is 2.80. The zero-order chi connectivity index (χ0) is 11.7. The van der Waals surface area contributed by atoms with E-state index in [0.29, 0.717) is 18.2 Å². The molecule has 92 valence electrons. The van der Waals surface area contributed by atoms with Crippen LogP contribution in [0.1, 0.15) is 32.1 Å². The van der Waals surface area contributed by atoms with E-state index < -0.39 is 0 Å². The summed E-state index contributed by atoms with van der Waals surface area (Å²) in [6.45, 7) is 0. The molecule has 4 heteroatoms. The van der Waals surface area contributed by atoms with E-state index in [4.69, 9.17) is 4.74 Å². The molecule has 2 aliphatic heterocycles. The van der Waals surface area contributed by atoms with Gasteiger partial charge in [-0.2, -0.15) is 0 Å². The molecule has 3 rings (SSSR count). The van der Waals surface area contributed by atoms with E-state index in [1.807, 2.05) is 12.1 Å². The quantitative estimate of drug-likeness (QED) is 0.911. The number of aromatic nitrogens is 1. The summed E-state index contributed by atoms with van der Waals surface area (Å²) in [7, 11) is 0. The highest BCUT2D eigenvalue weighted by Crippen LogP contribution is 2.28. The summed E-state index contributed by atoms with van der Waals surface area (Å²) in [6, 6.07) is 5.22. The van der Waals surface area contributed by atoms with Gasteiger partial charge in [-0.15, -0.1) is 0 Å². The minimum absolute atomic E-state index is 0.334. The Morgan fingerprint density at radius 1 is 1.24 bits per heavy atom. The standard InChI is InChI=1S/C13H17BrN2O/c14-9-4-5-13(15-8-9)17-12-6-10-2-1-3-11(7-12)16-10/h4-5,8,10-12,16H,1-3,6-7H2. The lowest BCUT2D eigenvalue weighted by molar-refractivity contribution is 0.0889. The van der Waals surface area contributed by atoms with Crippen molar-refractivity contribution in [3.8, 4) is 5.88 Å². The number of halogens is 1. The summed E-state index contributed by atoms with van der Waals surface area (Å²) in [5.74, 6) is 0.748. The molecule has 2 fully saturated rings. The summed E-state index contributed by atoms with van der Waals surface area (Å²) in [6.07, 6.45) is 8.32. The highest BCUT2D eigenvalue weighted by molar-refractivity contribution is 9.10. The SMILES string of the molecule is Brc1ccc(OC2CC3CCCC(C2)N3)nc1. The number of pyridine rings is 1. The first-order valence-corrected chi connectivity index (χ1v) is 7.13. The number of ether oxygens (including phenoxy) is 1. The zero-order valence-corrected chi connectivity index (χ0v) is 11.3. The largest absolute Gasteiger partial charge is 0.474 e. The first-order chi connectivity index (χ1) is 8.29. The molecule has 1 aromatic heterocycles. The molecule has 0 radical (unpaired) electrons. The van der Waals surface area contributed by atoms with Gasteiger partial charge in [0.1, 0.15) is 6.10 Å². The lowest BCUT2D eigenvalue weighted by atomic mass is 9.85. The molecule has 2 unspecified atom stereocenters. The van der Waals surface area contributed by atoms with Crippen LogP contribution >= 0.6 is 15.9 Å². The highest BCUT2D eigenvalue weighted by atomic mass is 79.9. The Bertz CT molecular complexity index is 370. The predicted octanol–water partition coefficient (Wildman–Crippen LogP) is 2.90. The molecule has 2 atom stereocenters. The third-order valence-corrected chi connectivity index (χ3v) is 4.13. The van der Waals surface area contributed by atoms with Crippen molar-refractivity contribution in [3.05, 3.63) is 22.8 Å². The summed E-state index contributed by atoms with van der Waals surface area (Å²) in [5, 5.41) is 3.67. The fourth-order valence-electron chi connectivity index (χ4n) is 2.91. The summed E-state index contributed by atoms with van der Waals surface area (Å²) < 4.78 is 6.97. The third-order valence-electron chi connectivity index (χ3n) is 3.66. The van der Waals surface area contributed by atoms with Gasteiger partial charge in [-0.05, 0) is 47.7 Å². The highest BCUT2D eigenvalue weighted by Gasteiger charge is 2.32. The van der Waals surface area contributed by atoms with Gasteiger partial charge in [0.2, 0.25) is 5.88 Å². The molecule has 0 aliphatic carbocycles. The van der Waals surface area contributed by atoms with Crippen molar-refractivity contribution in [1.29, 1.82) is 0 Å². The summed E-state index contributed by atoms with van der Waals surface area (Å²) in [4.78, 5) is 4.28. The average molecular weight is 297 g/mol. The second-order valence-corrected chi connectivity index (χ2v) is 5.93. The first-order valence-electron chi connectivity index (χ1n) is 6.34. The van der Waals surface area contributed by atoms with Gasteiger partial charge in [0.15, 0.2) is 0 Å². The Balaban J connectivity index is 1.63. The van der Waals surface area contributed by atoms with Crippen molar-refractivity contribution >= 4 is 15.9 Å². The molecule has 2 aliphatic rings. The van der Waals surface area contributed by atoms with Crippen molar-refractivity contribution in [2.75, 3.05) is 0 Å².